The molecular formula is C15H17N3OS. The zero-order valence-corrected chi connectivity index (χ0v) is 12.4. The Labute approximate surface area is 124 Å². The van der Waals surface area contributed by atoms with Gasteiger partial charge in [0.25, 0.3) is 0 Å². The van der Waals surface area contributed by atoms with Crippen molar-refractivity contribution >= 4 is 23.0 Å². The Balaban J connectivity index is 2.16. The van der Waals surface area contributed by atoms with Crippen molar-refractivity contribution in [1.29, 1.82) is 0 Å². The number of anilines is 1. The monoisotopic (exact) mass is 287 g/mol. The summed E-state index contributed by atoms with van der Waals surface area (Å²) in [6.07, 6.45) is 0. The van der Waals surface area contributed by atoms with Gasteiger partial charge in [0.05, 0.1) is 12.8 Å². The maximum Gasteiger partial charge on any atom is 0.129 e. The van der Waals surface area contributed by atoms with Crippen LogP contribution in [0.2, 0.25) is 0 Å². The Morgan fingerprint density at radius 3 is 2.75 bits per heavy atom. The van der Waals surface area contributed by atoms with E-state index in [9.17, 15) is 0 Å². The minimum absolute atomic E-state index is 0.307. The molecule has 20 heavy (non-hydrogen) atoms. The minimum atomic E-state index is 0.307. The van der Waals surface area contributed by atoms with Crippen LogP contribution in [0.5, 0.6) is 5.75 Å². The largest absolute Gasteiger partial charge is 0.497 e. The molecule has 5 heteroatoms. The van der Waals surface area contributed by atoms with Crippen molar-refractivity contribution in [1.82, 2.24) is 4.98 Å². The molecule has 4 nitrogen and oxygen atoms in total. The second kappa shape index (κ2) is 6.34. The van der Waals surface area contributed by atoms with Gasteiger partial charge in [0.15, 0.2) is 0 Å². The SMILES string of the molecule is COc1cccc(CN(C)c2cccc(C(N)=S)n2)c1. The van der Waals surface area contributed by atoms with E-state index in [0.717, 1.165) is 23.7 Å². The van der Waals surface area contributed by atoms with Crippen molar-refractivity contribution in [2.75, 3.05) is 19.1 Å². The normalized spacial score (nSPS) is 10.1. The van der Waals surface area contributed by atoms with Crippen LogP contribution in [0.3, 0.4) is 0 Å². The molecule has 0 spiro atoms. The van der Waals surface area contributed by atoms with Gasteiger partial charge in [0.2, 0.25) is 0 Å². The highest BCUT2D eigenvalue weighted by molar-refractivity contribution is 7.80. The first-order valence-electron chi connectivity index (χ1n) is 6.21. The first-order chi connectivity index (χ1) is 9.60. The Bertz CT molecular complexity index is 616. The predicted molar refractivity (Wildman–Crippen MR) is 85.2 cm³/mol. The lowest BCUT2D eigenvalue weighted by atomic mass is 10.2. The number of pyridine rings is 1. The molecule has 0 aliphatic rings. The summed E-state index contributed by atoms with van der Waals surface area (Å²) in [5.41, 5.74) is 7.39. The number of ether oxygens (including phenoxy) is 1. The van der Waals surface area contributed by atoms with E-state index in [1.807, 2.05) is 48.3 Å². The molecule has 1 heterocycles. The van der Waals surface area contributed by atoms with Crippen molar-refractivity contribution in [2.45, 2.75) is 6.54 Å². The third-order valence-corrected chi connectivity index (χ3v) is 3.14. The summed E-state index contributed by atoms with van der Waals surface area (Å²) >= 11 is 4.95. The van der Waals surface area contributed by atoms with E-state index < -0.39 is 0 Å². The van der Waals surface area contributed by atoms with Gasteiger partial charge in [-0.15, -0.1) is 0 Å². The van der Waals surface area contributed by atoms with Gasteiger partial charge in [-0.25, -0.2) is 4.98 Å². The number of nitrogens with two attached hydrogens (primary N) is 1. The highest BCUT2D eigenvalue weighted by atomic mass is 32.1. The van der Waals surface area contributed by atoms with Crippen LogP contribution in [0.1, 0.15) is 11.3 Å². The van der Waals surface area contributed by atoms with E-state index in [0.29, 0.717) is 10.7 Å². The molecule has 0 aliphatic heterocycles. The molecule has 1 aromatic heterocycles. The highest BCUT2D eigenvalue weighted by Crippen LogP contribution is 2.17. The quantitative estimate of drug-likeness (QED) is 0.856. The zero-order valence-electron chi connectivity index (χ0n) is 11.5. The van der Waals surface area contributed by atoms with E-state index in [2.05, 4.69) is 11.1 Å². The molecule has 1 aromatic carbocycles. The molecule has 0 saturated heterocycles. The molecule has 0 fully saturated rings. The fraction of sp³-hybridized carbons (Fsp3) is 0.200. The molecule has 0 saturated carbocycles. The predicted octanol–water partition coefficient (Wildman–Crippen LogP) is 2.36. The second-order valence-corrected chi connectivity index (χ2v) is 4.89. The summed E-state index contributed by atoms with van der Waals surface area (Å²) in [6, 6.07) is 13.6. The Hall–Kier alpha value is -2.14. The van der Waals surface area contributed by atoms with Gasteiger partial charge in [0, 0.05) is 13.6 Å². The number of hydrogen-bond donors (Lipinski definition) is 1. The van der Waals surface area contributed by atoms with Crippen molar-refractivity contribution in [3.05, 3.63) is 53.7 Å². The van der Waals surface area contributed by atoms with Crippen molar-refractivity contribution in [3.63, 3.8) is 0 Å². The highest BCUT2D eigenvalue weighted by Gasteiger charge is 2.06. The number of methoxy groups -OCH3 is 1. The molecule has 2 rings (SSSR count). The van der Waals surface area contributed by atoms with Gasteiger partial charge in [-0.1, -0.05) is 30.4 Å². The van der Waals surface area contributed by atoms with Crippen LogP contribution in [0.15, 0.2) is 42.5 Å². The molecule has 2 aromatic rings. The summed E-state index contributed by atoms with van der Waals surface area (Å²) in [6.45, 7) is 0.727. The molecule has 104 valence electrons. The maximum atomic E-state index is 5.61. The minimum Gasteiger partial charge on any atom is -0.497 e. The first kappa shape index (κ1) is 14.3. The van der Waals surface area contributed by atoms with E-state index in [-0.39, 0.29) is 0 Å². The average Bonchev–Trinajstić information content (AvgIpc) is 2.47. The third-order valence-electron chi connectivity index (χ3n) is 2.93. The number of rotatable bonds is 5. The van der Waals surface area contributed by atoms with E-state index >= 15 is 0 Å². The first-order valence-corrected chi connectivity index (χ1v) is 6.62. The molecule has 0 bridgehead atoms. The van der Waals surface area contributed by atoms with Gasteiger partial charge >= 0.3 is 0 Å². The summed E-state index contributed by atoms with van der Waals surface area (Å²) in [4.78, 5) is 6.78. The van der Waals surface area contributed by atoms with Crippen molar-refractivity contribution in [2.24, 2.45) is 5.73 Å². The van der Waals surface area contributed by atoms with Crippen LogP contribution in [-0.2, 0) is 6.54 Å². The smallest absolute Gasteiger partial charge is 0.129 e. The average molecular weight is 287 g/mol. The van der Waals surface area contributed by atoms with Crippen LogP contribution >= 0.6 is 12.2 Å². The topological polar surface area (TPSA) is 51.4 Å². The van der Waals surface area contributed by atoms with E-state index in [1.54, 1.807) is 7.11 Å². The number of nitrogens with zero attached hydrogens (tertiary/aromatic N) is 2. The number of benzene rings is 1. The Morgan fingerprint density at radius 1 is 1.30 bits per heavy atom. The van der Waals surface area contributed by atoms with Crippen LogP contribution in [0, 0.1) is 0 Å². The van der Waals surface area contributed by atoms with Gasteiger partial charge in [-0.05, 0) is 29.8 Å². The Kier molecular flexibility index (Phi) is 4.53. The van der Waals surface area contributed by atoms with Crippen LogP contribution in [0.4, 0.5) is 5.82 Å². The summed E-state index contributed by atoms with van der Waals surface area (Å²) in [7, 11) is 3.64. The number of hydrogen-bond acceptors (Lipinski definition) is 4. The van der Waals surface area contributed by atoms with Gasteiger partial charge < -0.3 is 15.4 Å². The maximum absolute atomic E-state index is 5.61. The molecule has 0 radical (unpaired) electrons. The van der Waals surface area contributed by atoms with Crippen LogP contribution in [-0.4, -0.2) is 24.1 Å². The second-order valence-electron chi connectivity index (χ2n) is 4.45. The molecule has 0 aliphatic carbocycles. The molecule has 0 atom stereocenters. The number of thiocarbonyl (C=S) groups is 1. The van der Waals surface area contributed by atoms with E-state index in [4.69, 9.17) is 22.7 Å². The lowest BCUT2D eigenvalue weighted by molar-refractivity contribution is 0.414. The lowest BCUT2D eigenvalue weighted by Crippen LogP contribution is -2.20. The summed E-state index contributed by atoms with van der Waals surface area (Å²) in [5, 5.41) is 0. The number of aromatic nitrogens is 1. The summed E-state index contributed by atoms with van der Waals surface area (Å²) < 4.78 is 5.22. The van der Waals surface area contributed by atoms with E-state index in [1.165, 1.54) is 0 Å². The molecule has 2 N–H and O–H groups in total. The fourth-order valence-electron chi connectivity index (χ4n) is 1.90. The lowest BCUT2D eigenvalue weighted by Gasteiger charge is -2.19. The fourth-order valence-corrected chi connectivity index (χ4v) is 2.01. The van der Waals surface area contributed by atoms with Crippen LogP contribution < -0.4 is 15.4 Å². The molecular weight excluding hydrogens is 270 g/mol. The van der Waals surface area contributed by atoms with Gasteiger partial charge in [-0.3, -0.25) is 0 Å². The zero-order chi connectivity index (χ0) is 14.5. The van der Waals surface area contributed by atoms with Gasteiger partial charge in [-0.2, -0.15) is 0 Å². The molecule has 0 unspecified atom stereocenters. The summed E-state index contributed by atoms with van der Waals surface area (Å²) in [5.74, 6) is 1.68. The van der Waals surface area contributed by atoms with Crippen molar-refractivity contribution in [3.8, 4) is 5.75 Å². The standard InChI is InChI=1S/C15H17N3OS/c1-18(10-11-5-3-6-12(9-11)19-2)14-8-4-7-13(17-14)15(16)20/h3-9H,10H2,1-2H3,(H2,16,20). The third kappa shape index (κ3) is 3.45. The Morgan fingerprint density at radius 2 is 2.05 bits per heavy atom. The molecule has 0 amide bonds. The van der Waals surface area contributed by atoms with Gasteiger partial charge in [0.1, 0.15) is 16.6 Å². The van der Waals surface area contributed by atoms with Crippen molar-refractivity contribution < 1.29 is 4.74 Å². The van der Waals surface area contributed by atoms with Crippen LogP contribution in [0.25, 0.3) is 0 Å².